The molecule has 0 radical (unpaired) electrons. The molecule has 0 spiro atoms. The molecule has 0 aliphatic rings. The van der Waals surface area contributed by atoms with E-state index in [-0.39, 0.29) is 17.8 Å². The molecule has 26 heavy (non-hydrogen) atoms. The van der Waals surface area contributed by atoms with E-state index in [1.807, 2.05) is 31.2 Å². The molecule has 3 aromatic carbocycles. The Hall–Kier alpha value is -3.45. The maximum Gasteiger partial charge on any atom is 0.252 e. The zero-order valence-electron chi connectivity index (χ0n) is 14.2. The number of halogens is 1. The second-order valence-corrected chi connectivity index (χ2v) is 5.95. The smallest absolute Gasteiger partial charge is 0.252 e. The van der Waals surface area contributed by atoms with Crippen LogP contribution in [0.2, 0.25) is 0 Å². The molecular formula is C22H17FN2O. The minimum absolute atomic E-state index is 0.245. The number of hydrogen-bond acceptors (Lipinski definition) is 2. The predicted molar refractivity (Wildman–Crippen MR) is 98.9 cm³/mol. The van der Waals surface area contributed by atoms with E-state index >= 15 is 0 Å². The Morgan fingerprint density at radius 2 is 1.58 bits per heavy atom. The molecule has 0 saturated carbocycles. The molecule has 0 fully saturated rings. The van der Waals surface area contributed by atoms with Gasteiger partial charge < -0.3 is 5.32 Å². The van der Waals surface area contributed by atoms with E-state index in [1.54, 1.807) is 36.4 Å². The van der Waals surface area contributed by atoms with Crippen molar-refractivity contribution < 1.29 is 9.18 Å². The molecule has 0 aliphatic heterocycles. The number of carbonyl (C=O) groups is 1. The van der Waals surface area contributed by atoms with Crippen molar-refractivity contribution in [2.24, 2.45) is 0 Å². The molecule has 3 nitrogen and oxygen atoms in total. The summed E-state index contributed by atoms with van der Waals surface area (Å²) in [5, 5.41) is 12.3. The van der Waals surface area contributed by atoms with Crippen LogP contribution in [0.15, 0.2) is 72.8 Å². The number of rotatable bonds is 4. The summed E-state index contributed by atoms with van der Waals surface area (Å²) in [5.41, 5.74) is 3.24. The van der Waals surface area contributed by atoms with Gasteiger partial charge in [-0.1, -0.05) is 48.5 Å². The van der Waals surface area contributed by atoms with E-state index in [9.17, 15) is 14.4 Å². The van der Waals surface area contributed by atoms with Crippen LogP contribution in [0.4, 0.5) is 4.39 Å². The van der Waals surface area contributed by atoms with E-state index in [0.29, 0.717) is 16.7 Å². The minimum atomic E-state index is -0.314. The van der Waals surface area contributed by atoms with Gasteiger partial charge in [0.1, 0.15) is 5.82 Å². The zero-order chi connectivity index (χ0) is 18.5. The van der Waals surface area contributed by atoms with Crippen molar-refractivity contribution in [3.05, 3.63) is 95.3 Å². The lowest BCUT2D eigenvalue weighted by molar-refractivity contribution is 0.0940. The first kappa shape index (κ1) is 17.4. The summed E-state index contributed by atoms with van der Waals surface area (Å²) in [6, 6.07) is 22.3. The average molecular weight is 344 g/mol. The summed E-state index contributed by atoms with van der Waals surface area (Å²) in [7, 11) is 0. The molecule has 1 N–H and O–H groups in total. The molecule has 4 heteroatoms. The van der Waals surface area contributed by atoms with Crippen LogP contribution < -0.4 is 5.32 Å². The number of benzene rings is 3. The maximum atomic E-state index is 13.1. The fourth-order valence-corrected chi connectivity index (χ4v) is 2.84. The number of amides is 1. The first-order valence-electron chi connectivity index (χ1n) is 8.25. The van der Waals surface area contributed by atoms with Crippen molar-refractivity contribution in [3.63, 3.8) is 0 Å². The standard InChI is InChI=1S/C22H17FN2O/c1-15(16-10-12-18(23)13-11-16)25-22(26)21-9-5-4-8-20(21)19-7-3-2-6-17(19)14-24/h2-13,15H,1H3,(H,25,26). The van der Waals surface area contributed by atoms with E-state index in [0.717, 1.165) is 11.1 Å². The minimum Gasteiger partial charge on any atom is -0.345 e. The topological polar surface area (TPSA) is 52.9 Å². The molecule has 0 heterocycles. The first-order chi connectivity index (χ1) is 12.6. The lowest BCUT2D eigenvalue weighted by Crippen LogP contribution is -2.27. The van der Waals surface area contributed by atoms with Crippen molar-refractivity contribution in [1.82, 2.24) is 5.32 Å². The van der Waals surface area contributed by atoms with Crippen molar-refractivity contribution in [2.45, 2.75) is 13.0 Å². The van der Waals surface area contributed by atoms with E-state index < -0.39 is 0 Å². The Balaban J connectivity index is 1.91. The lowest BCUT2D eigenvalue weighted by atomic mass is 9.95. The summed E-state index contributed by atoms with van der Waals surface area (Å²) in [6.45, 7) is 1.84. The highest BCUT2D eigenvalue weighted by atomic mass is 19.1. The van der Waals surface area contributed by atoms with Crippen molar-refractivity contribution in [1.29, 1.82) is 5.26 Å². The summed E-state index contributed by atoms with van der Waals surface area (Å²) in [4.78, 5) is 12.8. The van der Waals surface area contributed by atoms with E-state index in [4.69, 9.17) is 0 Å². The number of hydrogen-bond donors (Lipinski definition) is 1. The van der Waals surface area contributed by atoms with Crippen LogP contribution in [-0.4, -0.2) is 5.91 Å². The Morgan fingerprint density at radius 3 is 2.27 bits per heavy atom. The molecule has 0 aromatic heterocycles. The second-order valence-electron chi connectivity index (χ2n) is 5.95. The largest absolute Gasteiger partial charge is 0.345 e. The van der Waals surface area contributed by atoms with Crippen LogP contribution in [0.1, 0.15) is 34.5 Å². The molecule has 3 aromatic rings. The number of nitrogens with zero attached hydrogens (tertiary/aromatic N) is 1. The third-order valence-corrected chi connectivity index (χ3v) is 4.23. The van der Waals surface area contributed by atoms with Gasteiger partial charge in [-0.05, 0) is 42.3 Å². The number of nitrogens with one attached hydrogen (secondary N) is 1. The molecular weight excluding hydrogens is 327 g/mol. The monoisotopic (exact) mass is 344 g/mol. The van der Waals surface area contributed by atoms with Gasteiger partial charge in [-0.3, -0.25) is 4.79 Å². The van der Waals surface area contributed by atoms with Gasteiger partial charge in [0.2, 0.25) is 0 Å². The van der Waals surface area contributed by atoms with Crippen molar-refractivity contribution >= 4 is 5.91 Å². The van der Waals surface area contributed by atoms with Gasteiger partial charge in [-0.25, -0.2) is 4.39 Å². The molecule has 0 aliphatic carbocycles. The molecule has 0 saturated heterocycles. The predicted octanol–water partition coefficient (Wildman–Crippen LogP) is 4.86. The second kappa shape index (κ2) is 7.62. The van der Waals surface area contributed by atoms with E-state index in [1.165, 1.54) is 12.1 Å². The van der Waals surface area contributed by atoms with Gasteiger partial charge in [0.05, 0.1) is 17.7 Å². The normalized spacial score (nSPS) is 11.4. The van der Waals surface area contributed by atoms with Crippen LogP contribution in [0, 0.1) is 17.1 Å². The highest BCUT2D eigenvalue weighted by Gasteiger charge is 2.17. The van der Waals surface area contributed by atoms with E-state index in [2.05, 4.69) is 11.4 Å². The Bertz CT molecular complexity index is 974. The van der Waals surface area contributed by atoms with Gasteiger partial charge in [0, 0.05) is 11.1 Å². The van der Waals surface area contributed by atoms with Crippen molar-refractivity contribution in [3.8, 4) is 17.2 Å². The van der Waals surface area contributed by atoms with Gasteiger partial charge >= 0.3 is 0 Å². The zero-order valence-corrected chi connectivity index (χ0v) is 14.2. The summed E-state index contributed by atoms with van der Waals surface area (Å²) in [5.74, 6) is -0.559. The number of nitriles is 1. The molecule has 1 amide bonds. The van der Waals surface area contributed by atoms with Gasteiger partial charge in [0.15, 0.2) is 0 Å². The quantitative estimate of drug-likeness (QED) is 0.735. The third-order valence-electron chi connectivity index (χ3n) is 4.23. The Labute approximate surface area is 151 Å². The summed E-state index contributed by atoms with van der Waals surface area (Å²) < 4.78 is 13.1. The Kier molecular flexibility index (Phi) is 5.09. The fraction of sp³-hybridized carbons (Fsp3) is 0.0909. The van der Waals surface area contributed by atoms with Crippen LogP contribution in [0.3, 0.4) is 0 Å². The fourth-order valence-electron chi connectivity index (χ4n) is 2.84. The van der Waals surface area contributed by atoms with Crippen LogP contribution in [0.5, 0.6) is 0 Å². The molecule has 1 unspecified atom stereocenters. The third kappa shape index (κ3) is 3.62. The highest BCUT2D eigenvalue weighted by Crippen LogP contribution is 2.27. The Morgan fingerprint density at radius 1 is 0.962 bits per heavy atom. The highest BCUT2D eigenvalue weighted by molar-refractivity contribution is 6.01. The van der Waals surface area contributed by atoms with Crippen LogP contribution >= 0.6 is 0 Å². The molecule has 128 valence electrons. The van der Waals surface area contributed by atoms with Gasteiger partial charge in [0.25, 0.3) is 5.91 Å². The molecule has 3 rings (SSSR count). The van der Waals surface area contributed by atoms with Crippen LogP contribution in [-0.2, 0) is 0 Å². The lowest BCUT2D eigenvalue weighted by Gasteiger charge is -2.16. The molecule has 0 bridgehead atoms. The maximum absolute atomic E-state index is 13.1. The van der Waals surface area contributed by atoms with Crippen molar-refractivity contribution in [2.75, 3.05) is 0 Å². The van der Waals surface area contributed by atoms with Crippen LogP contribution in [0.25, 0.3) is 11.1 Å². The first-order valence-corrected chi connectivity index (χ1v) is 8.25. The summed E-state index contributed by atoms with van der Waals surface area (Å²) in [6.07, 6.45) is 0. The van der Waals surface area contributed by atoms with Gasteiger partial charge in [-0.2, -0.15) is 5.26 Å². The number of carbonyl (C=O) groups excluding carboxylic acids is 1. The summed E-state index contributed by atoms with van der Waals surface area (Å²) >= 11 is 0. The molecule has 1 atom stereocenters. The SMILES string of the molecule is CC(NC(=O)c1ccccc1-c1ccccc1C#N)c1ccc(F)cc1. The average Bonchev–Trinajstić information content (AvgIpc) is 2.68. The van der Waals surface area contributed by atoms with Gasteiger partial charge in [-0.15, -0.1) is 0 Å².